The molecule has 0 aromatic heterocycles. The van der Waals surface area contributed by atoms with Crippen LogP contribution in [0.3, 0.4) is 0 Å². The van der Waals surface area contributed by atoms with E-state index in [1.54, 1.807) is 12.1 Å². The molecule has 0 saturated carbocycles. The lowest BCUT2D eigenvalue weighted by atomic mass is 10.0. The molecule has 0 radical (unpaired) electrons. The maximum Gasteiger partial charge on any atom is 0.142 e. The Hall–Kier alpha value is -0.410. The number of unbranched alkanes of at least 4 members (excludes halogenated alkanes) is 3. The van der Waals surface area contributed by atoms with Crippen LogP contribution < -0.4 is 5.73 Å². The number of halogens is 2. The van der Waals surface area contributed by atoms with Crippen LogP contribution in [0, 0.1) is 5.82 Å². The van der Waals surface area contributed by atoms with E-state index < -0.39 is 0 Å². The highest BCUT2D eigenvalue weighted by atomic mass is 79.9. The first-order valence-corrected chi connectivity index (χ1v) is 6.65. The van der Waals surface area contributed by atoms with E-state index >= 15 is 0 Å². The molecule has 90 valence electrons. The first-order chi connectivity index (χ1) is 7.66. The lowest BCUT2D eigenvalue weighted by Gasteiger charge is -2.13. The molecule has 0 aliphatic carbocycles. The second-order valence-corrected chi connectivity index (χ2v) is 4.95. The van der Waals surface area contributed by atoms with E-state index in [2.05, 4.69) is 22.9 Å². The summed E-state index contributed by atoms with van der Waals surface area (Å²) < 4.78 is 14.2. The van der Waals surface area contributed by atoms with Crippen LogP contribution in [0.25, 0.3) is 0 Å². The highest BCUT2D eigenvalue weighted by molar-refractivity contribution is 9.10. The number of nitrogens with two attached hydrogens (primary N) is 1. The van der Waals surface area contributed by atoms with Gasteiger partial charge in [0.15, 0.2) is 0 Å². The summed E-state index contributed by atoms with van der Waals surface area (Å²) in [6.07, 6.45) is 5.54. The standard InChI is InChI=1S/C13H19BrFN/c1-2-3-4-5-9-12(16)10-7-6-8-11(14)13(10)15/h6-8,12H,2-5,9,16H2,1H3. The van der Waals surface area contributed by atoms with E-state index in [4.69, 9.17) is 5.73 Å². The molecule has 1 aromatic rings. The second-order valence-electron chi connectivity index (χ2n) is 4.10. The molecule has 0 spiro atoms. The molecule has 1 unspecified atom stereocenters. The van der Waals surface area contributed by atoms with Gasteiger partial charge in [0.25, 0.3) is 0 Å². The smallest absolute Gasteiger partial charge is 0.142 e. The van der Waals surface area contributed by atoms with Crippen molar-refractivity contribution in [1.29, 1.82) is 0 Å². The number of hydrogen-bond donors (Lipinski definition) is 1. The summed E-state index contributed by atoms with van der Waals surface area (Å²) in [5.74, 6) is -0.217. The summed E-state index contributed by atoms with van der Waals surface area (Å²) in [7, 11) is 0. The minimum absolute atomic E-state index is 0.186. The molecule has 0 heterocycles. The Bertz CT molecular complexity index is 328. The van der Waals surface area contributed by atoms with E-state index in [1.807, 2.05) is 6.07 Å². The lowest BCUT2D eigenvalue weighted by Crippen LogP contribution is -2.12. The third-order valence-electron chi connectivity index (χ3n) is 2.75. The Kier molecular flexibility index (Phi) is 5.99. The average molecular weight is 288 g/mol. The van der Waals surface area contributed by atoms with Gasteiger partial charge < -0.3 is 5.73 Å². The van der Waals surface area contributed by atoms with E-state index in [0.717, 1.165) is 12.8 Å². The van der Waals surface area contributed by atoms with E-state index in [-0.39, 0.29) is 11.9 Å². The second kappa shape index (κ2) is 7.02. The van der Waals surface area contributed by atoms with E-state index in [9.17, 15) is 4.39 Å². The highest BCUT2D eigenvalue weighted by Crippen LogP contribution is 2.25. The molecule has 1 aromatic carbocycles. The maximum atomic E-state index is 13.7. The van der Waals surface area contributed by atoms with Gasteiger partial charge in [-0.3, -0.25) is 0 Å². The summed E-state index contributed by atoms with van der Waals surface area (Å²) >= 11 is 3.18. The van der Waals surface area contributed by atoms with Crippen molar-refractivity contribution in [1.82, 2.24) is 0 Å². The Morgan fingerprint density at radius 1 is 1.31 bits per heavy atom. The lowest BCUT2D eigenvalue weighted by molar-refractivity contribution is 0.529. The van der Waals surface area contributed by atoms with Crippen molar-refractivity contribution in [2.24, 2.45) is 5.73 Å². The number of benzene rings is 1. The molecular weight excluding hydrogens is 269 g/mol. The molecule has 1 rings (SSSR count). The number of hydrogen-bond acceptors (Lipinski definition) is 1. The molecule has 0 aliphatic rings. The summed E-state index contributed by atoms with van der Waals surface area (Å²) in [5, 5.41) is 0. The van der Waals surface area contributed by atoms with Gasteiger partial charge in [0, 0.05) is 11.6 Å². The topological polar surface area (TPSA) is 26.0 Å². The van der Waals surface area contributed by atoms with Crippen molar-refractivity contribution >= 4 is 15.9 Å². The zero-order valence-electron chi connectivity index (χ0n) is 9.68. The molecule has 2 N–H and O–H groups in total. The van der Waals surface area contributed by atoms with Crippen molar-refractivity contribution in [3.05, 3.63) is 34.1 Å². The molecule has 0 amide bonds. The van der Waals surface area contributed by atoms with E-state index in [0.29, 0.717) is 10.0 Å². The van der Waals surface area contributed by atoms with Gasteiger partial charge in [0.2, 0.25) is 0 Å². The molecule has 1 atom stereocenters. The normalized spacial score (nSPS) is 12.8. The van der Waals surface area contributed by atoms with Crippen LogP contribution in [0.2, 0.25) is 0 Å². The van der Waals surface area contributed by atoms with Gasteiger partial charge >= 0.3 is 0 Å². The molecule has 0 bridgehead atoms. The van der Waals surface area contributed by atoms with Crippen LogP contribution in [0.1, 0.15) is 50.6 Å². The minimum atomic E-state index is -0.217. The fraction of sp³-hybridized carbons (Fsp3) is 0.538. The third-order valence-corrected chi connectivity index (χ3v) is 3.36. The Balaban J connectivity index is 2.52. The summed E-state index contributed by atoms with van der Waals surface area (Å²) in [5.41, 5.74) is 6.60. The number of rotatable bonds is 6. The first kappa shape index (κ1) is 13.7. The van der Waals surface area contributed by atoms with Crippen LogP contribution >= 0.6 is 15.9 Å². The highest BCUT2D eigenvalue weighted by Gasteiger charge is 2.12. The first-order valence-electron chi connectivity index (χ1n) is 5.86. The van der Waals surface area contributed by atoms with Crippen LogP contribution in [0.4, 0.5) is 4.39 Å². The Labute approximate surface area is 105 Å². The van der Waals surface area contributed by atoms with Gasteiger partial charge in [-0.1, -0.05) is 44.7 Å². The van der Waals surface area contributed by atoms with Gasteiger partial charge in [-0.05, 0) is 28.4 Å². The van der Waals surface area contributed by atoms with E-state index in [1.165, 1.54) is 19.3 Å². The van der Waals surface area contributed by atoms with Crippen LogP contribution in [-0.4, -0.2) is 0 Å². The van der Waals surface area contributed by atoms with Gasteiger partial charge in [0.05, 0.1) is 4.47 Å². The molecular formula is C13H19BrFN. The zero-order chi connectivity index (χ0) is 12.0. The fourth-order valence-corrected chi connectivity index (χ4v) is 2.13. The average Bonchev–Trinajstić information content (AvgIpc) is 2.28. The Morgan fingerprint density at radius 3 is 2.75 bits per heavy atom. The summed E-state index contributed by atoms with van der Waals surface area (Å²) in [6, 6.07) is 5.11. The van der Waals surface area contributed by atoms with Crippen LogP contribution in [0.5, 0.6) is 0 Å². The molecule has 0 fully saturated rings. The molecule has 0 saturated heterocycles. The van der Waals surface area contributed by atoms with Gasteiger partial charge in [-0.15, -0.1) is 0 Å². The monoisotopic (exact) mass is 287 g/mol. The zero-order valence-corrected chi connectivity index (χ0v) is 11.3. The van der Waals surface area contributed by atoms with Crippen molar-refractivity contribution in [2.45, 2.75) is 45.1 Å². The van der Waals surface area contributed by atoms with Crippen LogP contribution in [-0.2, 0) is 0 Å². The van der Waals surface area contributed by atoms with Crippen molar-refractivity contribution in [3.63, 3.8) is 0 Å². The predicted molar refractivity (Wildman–Crippen MR) is 69.8 cm³/mol. The predicted octanol–water partition coefficient (Wildman–Crippen LogP) is 4.56. The molecule has 0 aliphatic heterocycles. The molecule has 16 heavy (non-hydrogen) atoms. The quantitative estimate of drug-likeness (QED) is 0.763. The summed E-state index contributed by atoms with van der Waals surface area (Å²) in [4.78, 5) is 0. The summed E-state index contributed by atoms with van der Waals surface area (Å²) in [6.45, 7) is 2.17. The van der Waals surface area contributed by atoms with Gasteiger partial charge in [-0.25, -0.2) is 4.39 Å². The third kappa shape index (κ3) is 3.87. The Morgan fingerprint density at radius 2 is 2.06 bits per heavy atom. The molecule has 1 nitrogen and oxygen atoms in total. The largest absolute Gasteiger partial charge is 0.324 e. The SMILES string of the molecule is CCCCCCC(N)c1cccc(Br)c1F. The molecule has 3 heteroatoms. The van der Waals surface area contributed by atoms with Crippen molar-refractivity contribution in [2.75, 3.05) is 0 Å². The van der Waals surface area contributed by atoms with Gasteiger partial charge in [0.1, 0.15) is 5.82 Å². The fourth-order valence-electron chi connectivity index (χ4n) is 1.75. The van der Waals surface area contributed by atoms with Crippen molar-refractivity contribution < 1.29 is 4.39 Å². The van der Waals surface area contributed by atoms with Crippen LogP contribution in [0.15, 0.2) is 22.7 Å². The minimum Gasteiger partial charge on any atom is -0.324 e. The maximum absolute atomic E-state index is 13.7. The van der Waals surface area contributed by atoms with Crippen molar-refractivity contribution in [3.8, 4) is 0 Å². The van der Waals surface area contributed by atoms with Gasteiger partial charge in [-0.2, -0.15) is 0 Å².